The van der Waals surface area contributed by atoms with Gasteiger partial charge in [-0.1, -0.05) is 6.07 Å². The van der Waals surface area contributed by atoms with Crippen molar-refractivity contribution in [3.8, 4) is 0 Å². The van der Waals surface area contributed by atoms with Gasteiger partial charge in [-0.3, -0.25) is 10.1 Å². The van der Waals surface area contributed by atoms with Gasteiger partial charge in [0.05, 0.1) is 11.0 Å². The highest BCUT2D eigenvalue weighted by Gasteiger charge is 2.10. The minimum absolute atomic E-state index is 0.0812. The highest BCUT2D eigenvalue weighted by atomic mass is 19.2. The number of nitro groups is 1. The maximum atomic E-state index is 13.2. The molecule has 0 saturated heterocycles. The predicted molar refractivity (Wildman–Crippen MR) is 66.7 cm³/mol. The molecule has 0 heterocycles. The molecule has 4 nitrogen and oxygen atoms in total. The van der Waals surface area contributed by atoms with E-state index in [9.17, 15) is 23.3 Å². The summed E-state index contributed by atoms with van der Waals surface area (Å²) in [7, 11) is 0. The molecule has 0 spiro atoms. The Kier molecular flexibility index (Phi) is 3.88. The summed E-state index contributed by atoms with van der Waals surface area (Å²) in [5.74, 6) is -2.71. The fraction of sp³-hybridized carbons (Fsp3) is 0.0769. The van der Waals surface area contributed by atoms with E-state index in [0.717, 1.165) is 30.3 Å². The Hall–Kier alpha value is -2.57. The second-order valence-corrected chi connectivity index (χ2v) is 4.06. The van der Waals surface area contributed by atoms with Crippen molar-refractivity contribution in [1.29, 1.82) is 0 Å². The minimum atomic E-state index is -0.991. The van der Waals surface area contributed by atoms with E-state index in [4.69, 9.17) is 0 Å². The van der Waals surface area contributed by atoms with Crippen molar-refractivity contribution in [1.82, 2.24) is 0 Å². The van der Waals surface area contributed by atoms with Crippen molar-refractivity contribution >= 4 is 11.4 Å². The lowest BCUT2D eigenvalue weighted by atomic mass is 10.2. The van der Waals surface area contributed by atoms with Crippen molar-refractivity contribution in [2.45, 2.75) is 6.54 Å². The Morgan fingerprint density at radius 3 is 2.45 bits per heavy atom. The molecule has 2 aromatic carbocycles. The Labute approximate surface area is 112 Å². The number of hydrogen-bond donors (Lipinski definition) is 1. The fourth-order valence-corrected chi connectivity index (χ4v) is 1.64. The van der Waals surface area contributed by atoms with Crippen LogP contribution in [0.2, 0.25) is 0 Å². The van der Waals surface area contributed by atoms with E-state index in [1.54, 1.807) is 0 Å². The number of nitro benzene ring substituents is 1. The van der Waals surface area contributed by atoms with E-state index >= 15 is 0 Å². The number of hydrogen-bond acceptors (Lipinski definition) is 3. The normalized spacial score (nSPS) is 10.3. The first-order valence-corrected chi connectivity index (χ1v) is 5.58. The summed E-state index contributed by atoms with van der Waals surface area (Å²) in [5, 5.41) is 13.3. The van der Waals surface area contributed by atoms with Gasteiger partial charge in [-0.15, -0.1) is 0 Å². The van der Waals surface area contributed by atoms with Gasteiger partial charge < -0.3 is 5.32 Å². The van der Waals surface area contributed by atoms with Crippen molar-refractivity contribution in [2.75, 3.05) is 5.32 Å². The Morgan fingerprint density at radius 2 is 1.80 bits per heavy atom. The van der Waals surface area contributed by atoms with Gasteiger partial charge in [0.1, 0.15) is 5.82 Å². The summed E-state index contributed by atoms with van der Waals surface area (Å²) < 4.78 is 38.9. The molecule has 2 rings (SSSR count). The molecule has 20 heavy (non-hydrogen) atoms. The summed E-state index contributed by atoms with van der Waals surface area (Å²) in [6.45, 7) is 0.0812. The van der Waals surface area contributed by atoms with Crippen molar-refractivity contribution in [2.24, 2.45) is 0 Å². The molecule has 0 amide bonds. The van der Waals surface area contributed by atoms with Crippen LogP contribution in [0.3, 0.4) is 0 Å². The quantitative estimate of drug-likeness (QED) is 0.688. The molecule has 0 aromatic heterocycles. The Morgan fingerprint density at radius 1 is 1.05 bits per heavy atom. The van der Waals surface area contributed by atoms with Crippen LogP contribution in [0, 0.1) is 27.6 Å². The first kappa shape index (κ1) is 13.9. The van der Waals surface area contributed by atoms with Crippen LogP contribution in [0.1, 0.15) is 5.56 Å². The first-order valence-electron chi connectivity index (χ1n) is 5.58. The summed E-state index contributed by atoms with van der Waals surface area (Å²) in [6.07, 6.45) is 0. The highest BCUT2D eigenvalue weighted by Crippen LogP contribution is 2.20. The van der Waals surface area contributed by atoms with Crippen molar-refractivity contribution in [3.63, 3.8) is 0 Å². The molecule has 1 N–H and O–H groups in total. The zero-order valence-electron chi connectivity index (χ0n) is 10.1. The van der Waals surface area contributed by atoms with Crippen LogP contribution < -0.4 is 5.32 Å². The van der Waals surface area contributed by atoms with Gasteiger partial charge in [-0.2, -0.15) is 0 Å². The molecule has 0 radical (unpaired) electrons. The Bertz CT molecular complexity index is 662. The number of anilines is 1. The van der Waals surface area contributed by atoms with Crippen molar-refractivity contribution in [3.05, 3.63) is 69.5 Å². The van der Waals surface area contributed by atoms with Crippen LogP contribution in [0.5, 0.6) is 0 Å². The third kappa shape index (κ3) is 3.25. The van der Waals surface area contributed by atoms with Crippen LogP contribution in [-0.2, 0) is 6.54 Å². The largest absolute Gasteiger partial charge is 0.381 e. The standard InChI is InChI=1S/C13H9F3N2O2/c14-9-4-10(6-11(5-9)18(19)20)17-7-8-1-2-12(15)13(16)3-8/h1-6,17H,7H2. The van der Waals surface area contributed by atoms with E-state index in [1.807, 2.05) is 0 Å². The second kappa shape index (κ2) is 5.60. The molecule has 0 aliphatic rings. The van der Waals surface area contributed by atoms with E-state index in [0.29, 0.717) is 5.56 Å². The van der Waals surface area contributed by atoms with Gasteiger partial charge in [0.2, 0.25) is 0 Å². The molecule has 104 valence electrons. The number of benzene rings is 2. The molecule has 0 unspecified atom stereocenters. The SMILES string of the molecule is O=[N+]([O-])c1cc(F)cc(NCc2ccc(F)c(F)c2)c1. The lowest BCUT2D eigenvalue weighted by molar-refractivity contribution is -0.385. The maximum absolute atomic E-state index is 13.2. The van der Waals surface area contributed by atoms with Gasteiger partial charge in [0, 0.05) is 18.3 Å². The lowest BCUT2D eigenvalue weighted by Gasteiger charge is -2.07. The van der Waals surface area contributed by atoms with E-state index in [1.165, 1.54) is 6.07 Å². The lowest BCUT2D eigenvalue weighted by Crippen LogP contribution is -2.01. The molecule has 2 aromatic rings. The molecular formula is C13H9F3N2O2. The van der Waals surface area contributed by atoms with Gasteiger partial charge >= 0.3 is 0 Å². The zero-order chi connectivity index (χ0) is 14.7. The van der Waals surface area contributed by atoms with E-state index in [2.05, 4.69) is 5.32 Å². The molecule has 0 aliphatic heterocycles. The summed E-state index contributed by atoms with van der Waals surface area (Å²) in [6, 6.07) is 6.36. The molecule has 0 aliphatic carbocycles. The van der Waals surface area contributed by atoms with Crippen LogP contribution in [-0.4, -0.2) is 4.92 Å². The predicted octanol–water partition coefficient (Wildman–Crippen LogP) is 3.62. The number of non-ortho nitro benzene ring substituents is 1. The van der Waals surface area contributed by atoms with Gasteiger partial charge in [-0.05, 0) is 23.8 Å². The van der Waals surface area contributed by atoms with E-state index < -0.39 is 28.1 Å². The van der Waals surface area contributed by atoms with E-state index in [-0.39, 0.29) is 12.2 Å². The molecule has 0 fully saturated rings. The van der Waals surface area contributed by atoms with Crippen LogP contribution in [0.4, 0.5) is 24.5 Å². The summed E-state index contributed by atoms with van der Waals surface area (Å²) >= 11 is 0. The first-order chi connectivity index (χ1) is 9.45. The van der Waals surface area contributed by atoms with Gasteiger partial charge in [0.15, 0.2) is 11.6 Å². The smallest absolute Gasteiger partial charge is 0.274 e. The third-order valence-corrected chi connectivity index (χ3v) is 2.57. The Balaban J connectivity index is 2.14. The second-order valence-electron chi connectivity index (χ2n) is 4.06. The summed E-state index contributed by atoms with van der Waals surface area (Å²) in [4.78, 5) is 9.87. The van der Waals surface area contributed by atoms with Gasteiger partial charge in [0.25, 0.3) is 5.69 Å². The number of nitrogens with zero attached hydrogens (tertiary/aromatic N) is 1. The topological polar surface area (TPSA) is 55.2 Å². The third-order valence-electron chi connectivity index (χ3n) is 2.57. The summed E-state index contributed by atoms with van der Waals surface area (Å²) in [5.41, 5.74) is 0.218. The molecule has 0 bridgehead atoms. The number of nitrogens with one attached hydrogen (secondary N) is 1. The number of halogens is 3. The molecule has 0 atom stereocenters. The monoisotopic (exact) mass is 282 g/mol. The molecule has 7 heteroatoms. The van der Waals surface area contributed by atoms with Crippen LogP contribution >= 0.6 is 0 Å². The van der Waals surface area contributed by atoms with Crippen LogP contribution in [0.15, 0.2) is 36.4 Å². The molecule has 0 saturated carbocycles. The average Bonchev–Trinajstić information content (AvgIpc) is 2.39. The highest BCUT2D eigenvalue weighted by molar-refractivity contribution is 5.51. The minimum Gasteiger partial charge on any atom is -0.381 e. The maximum Gasteiger partial charge on any atom is 0.274 e. The van der Waals surface area contributed by atoms with Gasteiger partial charge in [-0.25, -0.2) is 13.2 Å². The average molecular weight is 282 g/mol. The fourth-order valence-electron chi connectivity index (χ4n) is 1.64. The zero-order valence-corrected chi connectivity index (χ0v) is 10.1. The van der Waals surface area contributed by atoms with Crippen molar-refractivity contribution < 1.29 is 18.1 Å². The molecular weight excluding hydrogens is 273 g/mol. The number of rotatable bonds is 4. The van der Waals surface area contributed by atoms with Crippen LogP contribution in [0.25, 0.3) is 0 Å².